The van der Waals surface area contributed by atoms with Gasteiger partial charge in [0.1, 0.15) is 13.2 Å². The third kappa shape index (κ3) is 12.3. The molecule has 3 rings (SSSR count). The zero-order chi connectivity index (χ0) is 36.2. The minimum atomic E-state index is -0.816. The summed E-state index contributed by atoms with van der Waals surface area (Å²) in [5.41, 5.74) is 6.61. The molecule has 0 saturated heterocycles. The Morgan fingerprint density at radius 1 is 0.857 bits per heavy atom. The molecular weight excluding hydrogens is 620 g/mol. The molecule has 0 fully saturated rings. The lowest BCUT2D eigenvalue weighted by Gasteiger charge is -2.18. The molecule has 0 bridgehead atoms. The molecule has 10 nitrogen and oxygen atoms in total. The molecule has 2 aromatic carbocycles. The van der Waals surface area contributed by atoms with Gasteiger partial charge < -0.3 is 39.8 Å². The van der Waals surface area contributed by atoms with Crippen molar-refractivity contribution in [2.24, 2.45) is 4.99 Å². The first-order valence-electron chi connectivity index (χ1n) is 16.4. The summed E-state index contributed by atoms with van der Waals surface area (Å²) in [7, 11) is 3.15. The maximum absolute atomic E-state index is 9.97. The number of hydrogen-bond donors (Lipinski definition) is 4. The average Bonchev–Trinajstić information content (AvgIpc) is 3.04. The van der Waals surface area contributed by atoms with E-state index in [-0.39, 0.29) is 0 Å². The molecule has 1 aromatic heterocycles. The van der Waals surface area contributed by atoms with E-state index in [0.29, 0.717) is 62.9 Å². The van der Waals surface area contributed by atoms with Gasteiger partial charge in [0.05, 0.1) is 25.4 Å². The molecule has 0 atom stereocenters. The maximum Gasteiger partial charge on any atom is 0.220 e. The summed E-state index contributed by atoms with van der Waals surface area (Å²) < 4.78 is 23.3. The summed E-state index contributed by atoms with van der Waals surface area (Å²) in [6.07, 6.45) is 1.57. The Kier molecular flexibility index (Phi) is 14.4. The maximum atomic E-state index is 9.97. The molecule has 0 aliphatic rings. The number of nitrogens with one attached hydrogen (secondary N) is 2. The molecule has 3 aromatic rings. The zero-order valence-electron chi connectivity index (χ0n) is 30.6. The van der Waals surface area contributed by atoms with Gasteiger partial charge in [-0.05, 0) is 94.0 Å². The first kappa shape index (κ1) is 39.2. The van der Waals surface area contributed by atoms with Crippen molar-refractivity contribution in [1.82, 2.24) is 15.6 Å². The number of pyridine rings is 1. The van der Waals surface area contributed by atoms with Crippen molar-refractivity contribution < 1.29 is 29.2 Å². The van der Waals surface area contributed by atoms with Crippen LogP contribution in [-0.4, -0.2) is 66.2 Å². The largest absolute Gasteiger partial charge is 0.481 e. The van der Waals surface area contributed by atoms with Gasteiger partial charge in [-0.25, -0.2) is 0 Å². The highest BCUT2D eigenvalue weighted by Crippen LogP contribution is 2.31. The van der Waals surface area contributed by atoms with Crippen LogP contribution in [0.25, 0.3) is 11.1 Å². The molecule has 0 aliphatic heterocycles. The van der Waals surface area contributed by atoms with Crippen molar-refractivity contribution in [2.45, 2.75) is 79.4 Å². The van der Waals surface area contributed by atoms with Crippen molar-refractivity contribution in [1.29, 1.82) is 0 Å². The van der Waals surface area contributed by atoms with Gasteiger partial charge in [-0.2, -0.15) is 9.98 Å². The third-order valence-electron chi connectivity index (χ3n) is 7.81. The lowest BCUT2D eigenvalue weighted by atomic mass is 9.92. The van der Waals surface area contributed by atoms with Gasteiger partial charge in [0, 0.05) is 43.4 Å². The second-order valence-corrected chi connectivity index (χ2v) is 13.4. The number of nitrogens with zero attached hydrogens (tertiary/aromatic N) is 2. The van der Waals surface area contributed by atoms with Crippen LogP contribution in [0.2, 0.25) is 0 Å². The van der Waals surface area contributed by atoms with Crippen molar-refractivity contribution in [2.75, 3.05) is 33.9 Å². The normalized spacial score (nSPS) is 12.8. The van der Waals surface area contributed by atoms with Crippen LogP contribution in [0.15, 0.2) is 77.6 Å². The summed E-state index contributed by atoms with van der Waals surface area (Å²) >= 11 is 0. The van der Waals surface area contributed by atoms with E-state index in [2.05, 4.69) is 59.2 Å². The van der Waals surface area contributed by atoms with Gasteiger partial charge in [0.15, 0.2) is 0 Å². The molecule has 49 heavy (non-hydrogen) atoms. The number of hydrogen-bond acceptors (Lipinski definition) is 10. The van der Waals surface area contributed by atoms with Crippen molar-refractivity contribution in [3.8, 4) is 22.9 Å². The number of aliphatic imine (C=N–C) groups is 1. The Hall–Kier alpha value is -4.22. The first-order valence-corrected chi connectivity index (χ1v) is 16.4. The van der Waals surface area contributed by atoms with Crippen LogP contribution in [0.1, 0.15) is 62.4 Å². The quantitative estimate of drug-likeness (QED) is 0.0714. The number of aliphatic hydroxyl groups is 2. The monoisotopic (exact) mass is 674 g/mol. The number of ether oxygens (including phenoxy) is 4. The second kappa shape index (κ2) is 18.0. The SMILES string of the molecule is C=CC(=N/C(OC)=C(\C)CNCC(C)(C)O)OCc1cccc(-c2cccc(COc3ccc(CNCC(C)(C)O)c(OC)n3)c2C)c1C. The fourth-order valence-electron chi connectivity index (χ4n) is 5.10. The Morgan fingerprint density at radius 2 is 1.45 bits per heavy atom. The Bertz CT molecular complexity index is 1620. The summed E-state index contributed by atoms with van der Waals surface area (Å²) in [6, 6.07) is 16.2. The molecule has 0 unspecified atom stereocenters. The van der Waals surface area contributed by atoms with E-state index < -0.39 is 11.2 Å². The lowest BCUT2D eigenvalue weighted by Crippen LogP contribution is -2.35. The van der Waals surface area contributed by atoms with E-state index in [1.54, 1.807) is 48.0 Å². The zero-order valence-corrected chi connectivity index (χ0v) is 30.6. The smallest absolute Gasteiger partial charge is 0.220 e. The minimum Gasteiger partial charge on any atom is -0.481 e. The molecule has 0 radical (unpaired) electrons. The average molecular weight is 675 g/mol. The first-order chi connectivity index (χ1) is 23.2. The molecule has 0 spiro atoms. The Balaban J connectivity index is 1.73. The second-order valence-electron chi connectivity index (χ2n) is 13.4. The van der Waals surface area contributed by atoms with E-state index in [4.69, 9.17) is 18.9 Å². The van der Waals surface area contributed by atoms with Crippen LogP contribution in [0.4, 0.5) is 0 Å². The molecule has 4 N–H and O–H groups in total. The Labute approximate surface area is 291 Å². The van der Waals surface area contributed by atoms with Crippen LogP contribution in [0.3, 0.4) is 0 Å². The predicted octanol–water partition coefficient (Wildman–Crippen LogP) is 6.15. The molecule has 1 heterocycles. The van der Waals surface area contributed by atoms with Gasteiger partial charge >= 0.3 is 0 Å². The van der Waals surface area contributed by atoms with Gasteiger partial charge in [0.2, 0.25) is 23.5 Å². The van der Waals surface area contributed by atoms with Crippen LogP contribution >= 0.6 is 0 Å². The van der Waals surface area contributed by atoms with E-state index >= 15 is 0 Å². The summed E-state index contributed by atoms with van der Waals surface area (Å²) in [5, 5.41) is 26.4. The molecular formula is C39H54N4O6. The van der Waals surface area contributed by atoms with Crippen molar-refractivity contribution in [3.05, 3.63) is 100 Å². The highest BCUT2D eigenvalue weighted by atomic mass is 16.5. The van der Waals surface area contributed by atoms with Crippen molar-refractivity contribution in [3.63, 3.8) is 0 Å². The number of rotatable bonds is 18. The van der Waals surface area contributed by atoms with E-state index in [1.807, 2.05) is 37.3 Å². The lowest BCUT2D eigenvalue weighted by molar-refractivity contribution is 0.0791. The van der Waals surface area contributed by atoms with E-state index in [1.165, 1.54) is 0 Å². The molecule has 0 amide bonds. The molecule has 0 saturated carbocycles. The highest BCUT2D eigenvalue weighted by molar-refractivity contribution is 5.87. The van der Waals surface area contributed by atoms with Crippen LogP contribution in [0.5, 0.6) is 11.8 Å². The van der Waals surface area contributed by atoms with Gasteiger partial charge in [-0.1, -0.05) is 43.0 Å². The van der Waals surface area contributed by atoms with Crippen LogP contribution in [-0.2, 0) is 29.2 Å². The highest BCUT2D eigenvalue weighted by Gasteiger charge is 2.16. The Morgan fingerprint density at radius 3 is 2.00 bits per heavy atom. The van der Waals surface area contributed by atoms with Crippen LogP contribution < -0.4 is 20.1 Å². The summed E-state index contributed by atoms with van der Waals surface area (Å²) in [6.45, 7) is 19.5. The standard InChI is InChI=1S/C39H54N4O6/c1-11-34(42-36(46-9)26(2)20-40-24-38(5,6)44)48-22-30-14-12-16-32(27(30)3)33-17-13-15-31(28(33)4)23-49-35-19-18-29(37(43-35)47-10)21-41-25-39(7,8)45/h11-19,40-41,44-45H,1,20-25H2,2-10H3/b36-26-,42-34?. The topological polar surface area (TPSA) is 127 Å². The third-order valence-corrected chi connectivity index (χ3v) is 7.81. The van der Waals surface area contributed by atoms with E-state index in [0.717, 1.165) is 44.5 Å². The fraction of sp³-hybridized carbons (Fsp3) is 0.436. The summed E-state index contributed by atoms with van der Waals surface area (Å²) in [5.74, 6) is 1.73. The molecule has 266 valence electrons. The molecule has 10 heteroatoms. The number of benzene rings is 2. The van der Waals surface area contributed by atoms with Gasteiger partial charge in [-0.3, -0.25) is 0 Å². The van der Waals surface area contributed by atoms with E-state index in [9.17, 15) is 10.2 Å². The fourth-order valence-corrected chi connectivity index (χ4v) is 5.10. The van der Waals surface area contributed by atoms with Crippen molar-refractivity contribution >= 4 is 5.90 Å². The van der Waals surface area contributed by atoms with Crippen LogP contribution in [0, 0.1) is 13.8 Å². The number of aromatic nitrogens is 1. The predicted molar refractivity (Wildman–Crippen MR) is 196 cm³/mol. The van der Waals surface area contributed by atoms with Gasteiger partial charge in [0.25, 0.3) is 0 Å². The molecule has 0 aliphatic carbocycles. The summed E-state index contributed by atoms with van der Waals surface area (Å²) in [4.78, 5) is 9.11. The van der Waals surface area contributed by atoms with Gasteiger partial charge in [-0.15, -0.1) is 0 Å². The number of methoxy groups -OCH3 is 2. The minimum absolute atomic E-state index is 0.302.